The number of esters is 1. The molecule has 0 radical (unpaired) electrons. The second-order valence-corrected chi connectivity index (χ2v) is 6.57. The largest absolute Gasteiger partial charge is 0.507 e. The predicted octanol–water partition coefficient (Wildman–Crippen LogP) is 4.05. The van der Waals surface area contributed by atoms with Gasteiger partial charge in [0.2, 0.25) is 0 Å². The van der Waals surface area contributed by atoms with Crippen molar-refractivity contribution in [3.05, 3.63) is 76.2 Å². The van der Waals surface area contributed by atoms with Crippen molar-refractivity contribution in [2.45, 2.75) is 26.2 Å². The maximum atomic E-state index is 11.0. The molecule has 0 aliphatic heterocycles. The lowest BCUT2D eigenvalue weighted by Gasteiger charge is -2.07. The average molecular weight is 365 g/mol. The summed E-state index contributed by atoms with van der Waals surface area (Å²) in [5, 5.41) is 11.9. The Bertz CT molecular complexity index is 989. The number of carbonyl (C=O) groups excluding carboxylic acids is 1. The van der Waals surface area contributed by atoms with Gasteiger partial charge in [0, 0.05) is 11.6 Å². The van der Waals surface area contributed by atoms with Crippen molar-refractivity contribution in [1.82, 2.24) is 4.98 Å². The smallest absolute Gasteiger partial charge is 0.343 e. The summed E-state index contributed by atoms with van der Waals surface area (Å²) in [4.78, 5) is 24.4. The van der Waals surface area contributed by atoms with E-state index in [4.69, 9.17) is 0 Å². The summed E-state index contributed by atoms with van der Waals surface area (Å²) in [7, 11) is 0. The Labute approximate surface area is 157 Å². The van der Waals surface area contributed by atoms with E-state index in [1.165, 1.54) is 42.5 Å². The Morgan fingerprint density at radius 2 is 1.85 bits per heavy atom. The minimum atomic E-state index is -0.584. The highest BCUT2D eigenvalue weighted by atomic mass is 16.5. The second kappa shape index (κ2) is 8.54. The first kappa shape index (κ1) is 18.7. The molecule has 1 aliphatic rings. The van der Waals surface area contributed by atoms with Crippen LogP contribution in [0, 0.1) is 5.92 Å². The van der Waals surface area contributed by atoms with Gasteiger partial charge in [-0.25, -0.2) is 4.79 Å². The van der Waals surface area contributed by atoms with Gasteiger partial charge in [-0.2, -0.15) is 0 Å². The van der Waals surface area contributed by atoms with Gasteiger partial charge >= 0.3 is 5.97 Å². The summed E-state index contributed by atoms with van der Waals surface area (Å²) in [5.74, 6) is 0.697. The van der Waals surface area contributed by atoms with E-state index in [-0.39, 0.29) is 12.2 Å². The van der Waals surface area contributed by atoms with E-state index >= 15 is 0 Å². The molecule has 0 atom stereocenters. The van der Waals surface area contributed by atoms with Crippen LogP contribution in [0.1, 0.15) is 35.7 Å². The molecule has 0 amide bonds. The maximum absolute atomic E-state index is 11.0. The summed E-state index contributed by atoms with van der Waals surface area (Å²) in [6.45, 7) is 1.96. The number of pyridine rings is 1. The molecule has 2 aromatic carbocycles. The number of aromatic nitrogens is 1. The Balaban J connectivity index is 0.000000161. The van der Waals surface area contributed by atoms with Crippen molar-refractivity contribution in [2.75, 3.05) is 6.61 Å². The van der Waals surface area contributed by atoms with Crippen molar-refractivity contribution in [2.24, 2.45) is 5.92 Å². The fourth-order valence-electron chi connectivity index (χ4n) is 2.95. The van der Waals surface area contributed by atoms with Crippen molar-refractivity contribution in [3.63, 3.8) is 0 Å². The Hall–Kier alpha value is -3.08. The van der Waals surface area contributed by atoms with Crippen LogP contribution in [0.4, 0.5) is 0 Å². The van der Waals surface area contributed by atoms with E-state index < -0.39 is 11.5 Å². The van der Waals surface area contributed by atoms with Gasteiger partial charge in [0.1, 0.15) is 11.3 Å². The zero-order valence-corrected chi connectivity index (χ0v) is 15.3. The van der Waals surface area contributed by atoms with E-state index in [0.29, 0.717) is 5.75 Å². The van der Waals surface area contributed by atoms with Gasteiger partial charge < -0.3 is 14.8 Å². The summed E-state index contributed by atoms with van der Waals surface area (Å²) < 4.78 is 4.65. The van der Waals surface area contributed by atoms with Crippen LogP contribution in [0.25, 0.3) is 10.8 Å². The van der Waals surface area contributed by atoms with Crippen LogP contribution >= 0.6 is 0 Å². The highest BCUT2D eigenvalue weighted by Crippen LogP contribution is 2.36. The molecule has 1 fully saturated rings. The summed E-state index contributed by atoms with van der Waals surface area (Å²) >= 11 is 0. The predicted molar refractivity (Wildman–Crippen MR) is 105 cm³/mol. The van der Waals surface area contributed by atoms with Gasteiger partial charge in [-0.15, -0.1) is 0 Å². The van der Waals surface area contributed by atoms with Crippen LogP contribution in [0.15, 0.2) is 59.5 Å². The molecule has 0 bridgehead atoms. The highest BCUT2D eigenvalue weighted by Gasteiger charge is 2.22. The lowest BCUT2D eigenvalue weighted by atomic mass is 10.00. The van der Waals surface area contributed by atoms with Crippen LogP contribution in [0.3, 0.4) is 0 Å². The zero-order chi connectivity index (χ0) is 19.2. The first-order chi connectivity index (χ1) is 13.1. The quantitative estimate of drug-likeness (QED) is 0.684. The highest BCUT2D eigenvalue weighted by molar-refractivity contribution is 5.90. The van der Waals surface area contributed by atoms with Crippen LogP contribution in [0.5, 0.6) is 5.75 Å². The summed E-state index contributed by atoms with van der Waals surface area (Å²) in [5.41, 5.74) is 1.00. The molecule has 0 saturated heterocycles. The number of H-pyrrole nitrogens is 1. The van der Waals surface area contributed by atoms with E-state index in [2.05, 4.69) is 21.9 Å². The van der Waals surface area contributed by atoms with E-state index in [0.717, 1.165) is 11.3 Å². The van der Waals surface area contributed by atoms with Crippen LogP contribution in [-0.4, -0.2) is 22.7 Å². The van der Waals surface area contributed by atoms with Crippen LogP contribution in [-0.2, 0) is 11.2 Å². The molecule has 4 rings (SSSR count). The maximum Gasteiger partial charge on any atom is 0.343 e. The molecular formula is C22H23NO4. The third kappa shape index (κ3) is 4.76. The molecule has 2 N–H and O–H groups in total. The molecule has 3 aromatic rings. The third-order valence-electron chi connectivity index (χ3n) is 4.51. The number of rotatable bonds is 4. The van der Waals surface area contributed by atoms with Crippen molar-refractivity contribution in [3.8, 4) is 5.75 Å². The number of nitrogens with one attached hydrogen (secondary N) is 1. The van der Waals surface area contributed by atoms with Crippen molar-refractivity contribution in [1.29, 1.82) is 0 Å². The second-order valence-electron chi connectivity index (χ2n) is 6.57. The SMILES string of the molecule is CCOC(=O)c1ccc[nH]c1=O.Oc1ccc(CC2CC2)c2ccccc12. The average Bonchev–Trinajstić information content (AvgIpc) is 3.50. The van der Waals surface area contributed by atoms with Crippen LogP contribution < -0.4 is 5.56 Å². The first-order valence-corrected chi connectivity index (χ1v) is 9.14. The van der Waals surface area contributed by atoms with E-state index in [9.17, 15) is 14.7 Å². The fraction of sp³-hybridized carbons (Fsp3) is 0.273. The lowest BCUT2D eigenvalue weighted by molar-refractivity contribution is 0.0524. The summed E-state index contributed by atoms with van der Waals surface area (Å²) in [6, 6.07) is 15.0. The minimum absolute atomic E-state index is 0.0411. The van der Waals surface area contributed by atoms with Crippen LogP contribution in [0.2, 0.25) is 0 Å². The number of benzene rings is 2. The normalized spacial score (nSPS) is 12.9. The minimum Gasteiger partial charge on any atom is -0.507 e. The molecule has 140 valence electrons. The van der Waals surface area contributed by atoms with Gasteiger partial charge in [-0.1, -0.05) is 30.3 Å². The van der Waals surface area contributed by atoms with Gasteiger partial charge in [0.05, 0.1) is 6.61 Å². The monoisotopic (exact) mass is 365 g/mol. The molecule has 5 heteroatoms. The first-order valence-electron chi connectivity index (χ1n) is 9.14. The molecule has 0 spiro atoms. The van der Waals surface area contributed by atoms with E-state index in [1.54, 1.807) is 13.0 Å². The molecular weight excluding hydrogens is 342 g/mol. The fourth-order valence-corrected chi connectivity index (χ4v) is 2.95. The zero-order valence-electron chi connectivity index (χ0n) is 15.3. The van der Waals surface area contributed by atoms with Gasteiger partial charge in [-0.3, -0.25) is 4.79 Å². The van der Waals surface area contributed by atoms with Gasteiger partial charge in [0.25, 0.3) is 5.56 Å². The third-order valence-corrected chi connectivity index (χ3v) is 4.51. The number of phenolic OH excluding ortho intramolecular Hbond substituents is 1. The standard InChI is InChI=1S/C14H14O.C8H9NO3/c15-14-8-7-11(9-10-5-6-10)12-3-1-2-4-13(12)14;1-2-12-8(11)6-4-3-5-9-7(6)10/h1-4,7-8,10,15H,5-6,9H2;3-5H,2H2,1H3,(H,9,10). The Kier molecular flexibility index (Phi) is 5.91. The van der Waals surface area contributed by atoms with Gasteiger partial charge in [0.15, 0.2) is 0 Å². The molecule has 5 nitrogen and oxygen atoms in total. The number of ether oxygens (including phenoxy) is 1. The van der Waals surface area contributed by atoms with Crippen molar-refractivity contribution < 1.29 is 14.6 Å². The number of phenols is 1. The number of aromatic amines is 1. The Morgan fingerprint density at radius 1 is 1.11 bits per heavy atom. The van der Waals surface area contributed by atoms with E-state index in [1.807, 2.05) is 24.3 Å². The van der Waals surface area contributed by atoms with Gasteiger partial charge in [-0.05, 0) is 61.3 Å². The molecule has 27 heavy (non-hydrogen) atoms. The molecule has 1 saturated carbocycles. The lowest BCUT2D eigenvalue weighted by Crippen LogP contribution is -2.18. The molecule has 1 heterocycles. The number of hydrogen-bond acceptors (Lipinski definition) is 4. The Morgan fingerprint density at radius 3 is 2.52 bits per heavy atom. The molecule has 0 unspecified atom stereocenters. The molecule has 1 aromatic heterocycles. The number of fused-ring (bicyclic) bond motifs is 1. The number of aromatic hydroxyl groups is 1. The number of hydrogen-bond donors (Lipinski definition) is 2. The van der Waals surface area contributed by atoms with Crippen molar-refractivity contribution >= 4 is 16.7 Å². The topological polar surface area (TPSA) is 79.4 Å². The number of carbonyl (C=O) groups is 1. The molecule has 1 aliphatic carbocycles. The summed E-state index contributed by atoms with van der Waals surface area (Å²) in [6.07, 6.45) is 5.37.